The Kier molecular flexibility index (Phi) is 5.53. The fraction of sp³-hybridized carbons (Fsp3) is 0.353. The summed E-state index contributed by atoms with van der Waals surface area (Å²) in [6.07, 6.45) is 1.16. The molecule has 0 aliphatic heterocycles. The zero-order valence-corrected chi connectivity index (χ0v) is 13.3. The van der Waals surface area contributed by atoms with Gasteiger partial charge in [0.25, 0.3) is 0 Å². The van der Waals surface area contributed by atoms with Gasteiger partial charge in [0.15, 0.2) is 0 Å². The average Bonchev–Trinajstić information content (AvgIpc) is 2.84. The highest BCUT2D eigenvalue weighted by molar-refractivity contribution is 7.10. The number of benzene rings is 1. The number of nitrogens with one attached hydrogen (secondary N) is 1. The van der Waals surface area contributed by atoms with E-state index in [0.29, 0.717) is 6.42 Å². The first-order chi connectivity index (χ1) is 10.1. The van der Waals surface area contributed by atoms with E-state index in [1.54, 1.807) is 11.3 Å². The molecule has 1 aromatic heterocycles. The van der Waals surface area contributed by atoms with Gasteiger partial charge in [-0.15, -0.1) is 11.3 Å². The summed E-state index contributed by atoms with van der Waals surface area (Å²) in [6.45, 7) is 3.93. The third kappa shape index (κ3) is 4.69. The zero-order valence-electron chi connectivity index (χ0n) is 12.5. The molecular formula is C17H22N2OS. The topological polar surface area (TPSA) is 55.1 Å². The maximum atomic E-state index is 12.1. The Bertz CT molecular complexity index is 577. The van der Waals surface area contributed by atoms with Gasteiger partial charge in [-0.2, -0.15) is 0 Å². The van der Waals surface area contributed by atoms with Crippen LogP contribution in [0.25, 0.3) is 0 Å². The quantitative estimate of drug-likeness (QED) is 0.861. The summed E-state index contributed by atoms with van der Waals surface area (Å²) in [5.74, 6) is 0.0127. The van der Waals surface area contributed by atoms with Crippen molar-refractivity contribution >= 4 is 17.2 Å². The lowest BCUT2D eigenvalue weighted by atomic mass is 10.0. The van der Waals surface area contributed by atoms with Crippen molar-refractivity contribution in [1.82, 2.24) is 5.32 Å². The van der Waals surface area contributed by atoms with Gasteiger partial charge in [0.2, 0.25) is 5.91 Å². The number of carbonyl (C=O) groups excluding carboxylic acids is 1. The molecule has 3 N–H and O–H groups in total. The molecule has 4 heteroatoms. The minimum atomic E-state index is -0.119. The molecule has 21 heavy (non-hydrogen) atoms. The summed E-state index contributed by atoms with van der Waals surface area (Å²) < 4.78 is 0. The minimum absolute atomic E-state index is 0.0126. The van der Waals surface area contributed by atoms with E-state index in [0.717, 1.165) is 6.42 Å². The standard InChI is InChI=1S/C17H22N2OS/c1-12-8-9-21-17(12)15(19-16(20)10-13(2)18)11-14-6-4-3-5-7-14/h3-9,13,15H,10-11,18H2,1-2H3,(H,19,20). The summed E-state index contributed by atoms with van der Waals surface area (Å²) in [5.41, 5.74) is 8.15. The Morgan fingerprint density at radius 1 is 1.29 bits per heavy atom. The number of nitrogens with two attached hydrogens (primary N) is 1. The number of rotatable bonds is 6. The molecule has 0 bridgehead atoms. The highest BCUT2D eigenvalue weighted by Gasteiger charge is 2.18. The van der Waals surface area contributed by atoms with Gasteiger partial charge in [-0.25, -0.2) is 0 Å². The molecule has 3 nitrogen and oxygen atoms in total. The van der Waals surface area contributed by atoms with Crippen molar-refractivity contribution < 1.29 is 4.79 Å². The Hall–Kier alpha value is -1.65. The minimum Gasteiger partial charge on any atom is -0.348 e. The Morgan fingerprint density at radius 3 is 2.57 bits per heavy atom. The van der Waals surface area contributed by atoms with Crippen LogP contribution in [0.15, 0.2) is 41.8 Å². The molecule has 0 spiro atoms. The average molecular weight is 302 g/mol. The van der Waals surface area contributed by atoms with Crippen LogP contribution in [0.1, 0.15) is 35.4 Å². The van der Waals surface area contributed by atoms with Crippen LogP contribution in [0.4, 0.5) is 0 Å². The molecule has 0 fully saturated rings. The SMILES string of the molecule is Cc1ccsc1C(Cc1ccccc1)NC(=O)CC(C)N. The van der Waals surface area contributed by atoms with Crippen molar-refractivity contribution in [1.29, 1.82) is 0 Å². The first-order valence-electron chi connectivity index (χ1n) is 7.19. The first kappa shape index (κ1) is 15.7. The van der Waals surface area contributed by atoms with Crippen LogP contribution < -0.4 is 11.1 Å². The number of hydrogen-bond acceptors (Lipinski definition) is 3. The smallest absolute Gasteiger partial charge is 0.222 e. The highest BCUT2D eigenvalue weighted by atomic mass is 32.1. The second kappa shape index (κ2) is 7.38. The van der Waals surface area contributed by atoms with Crippen LogP contribution in [0.2, 0.25) is 0 Å². The van der Waals surface area contributed by atoms with Gasteiger partial charge in [0.05, 0.1) is 6.04 Å². The van der Waals surface area contributed by atoms with E-state index in [9.17, 15) is 4.79 Å². The summed E-state index contributed by atoms with van der Waals surface area (Å²) in [4.78, 5) is 13.3. The Labute approximate surface area is 130 Å². The molecule has 1 aromatic carbocycles. The fourth-order valence-corrected chi connectivity index (χ4v) is 3.33. The van der Waals surface area contributed by atoms with Crippen molar-refractivity contribution in [2.75, 3.05) is 0 Å². The van der Waals surface area contributed by atoms with E-state index in [-0.39, 0.29) is 18.0 Å². The molecule has 1 amide bonds. The molecule has 2 aromatic rings. The number of hydrogen-bond donors (Lipinski definition) is 2. The van der Waals surface area contributed by atoms with Crippen LogP contribution in [-0.2, 0) is 11.2 Å². The number of carbonyl (C=O) groups is 1. The van der Waals surface area contributed by atoms with Gasteiger partial charge in [0, 0.05) is 17.3 Å². The lowest BCUT2D eigenvalue weighted by Gasteiger charge is -2.19. The second-order valence-corrected chi connectivity index (χ2v) is 6.41. The molecule has 0 aliphatic rings. The predicted octanol–water partition coefficient (Wildman–Crippen LogP) is 3.19. The lowest BCUT2D eigenvalue weighted by molar-refractivity contribution is -0.122. The highest BCUT2D eigenvalue weighted by Crippen LogP contribution is 2.27. The van der Waals surface area contributed by atoms with Crippen molar-refractivity contribution in [2.45, 2.75) is 38.8 Å². The summed E-state index contributed by atoms with van der Waals surface area (Å²) in [5, 5.41) is 5.20. The molecule has 0 aliphatic carbocycles. The van der Waals surface area contributed by atoms with E-state index in [1.807, 2.05) is 25.1 Å². The van der Waals surface area contributed by atoms with Crippen LogP contribution in [0, 0.1) is 6.92 Å². The van der Waals surface area contributed by atoms with E-state index in [1.165, 1.54) is 16.0 Å². The summed E-state index contributed by atoms with van der Waals surface area (Å²) in [7, 11) is 0. The maximum absolute atomic E-state index is 12.1. The molecule has 0 radical (unpaired) electrons. The zero-order chi connectivity index (χ0) is 15.2. The Morgan fingerprint density at radius 2 is 2.00 bits per heavy atom. The molecule has 112 valence electrons. The molecule has 2 rings (SSSR count). The first-order valence-corrected chi connectivity index (χ1v) is 8.07. The number of thiophene rings is 1. The molecule has 1 heterocycles. The van der Waals surface area contributed by atoms with Crippen molar-refractivity contribution in [2.24, 2.45) is 5.73 Å². The molecule has 2 unspecified atom stereocenters. The summed E-state index contributed by atoms with van der Waals surface area (Å²) >= 11 is 1.69. The maximum Gasteiger partial charge on any atom is 0.222 e. The van der Waals surface area contributed by atoms with Crippen LogP contribution in [-0.4, -0.2) is 11.9 Å². The predicted molar refractivity (Wildman–Crippen MR) is 88.4 cm³/mol. The van der Waals surface area contributed by atoms with E-state index >= 15 is 0 Å². The number of aryl methyl sites for hydroxylation is 1. The molecule has 2 atom stereocenters. The van der Waals surface area contributed by atoms with Crippen LogP contribution in [0.3, 0.4) is 0 Å². The lowest BCUT2D eigenvalue weighted by Crippen LogP contribution is -2.33. The van der Waals surface area contributed by atoms with Gasteiger partial charge in [-0.1, -0.05) is 30.3 Å². The van der Waals surface area contributed by atoms with Gasteiger partial charge in [-0.05, 0) is 42.8 Å². The third-order valence-electron chi connectivity index (χ3n) is 3.34. The van der Waals surface area contributed by atoms with Gasteiger partial charge >= 0.3 is 0 Å². The van der Waals surface area contributed by atoms with Gasteiger partial charge < -0.3 is 11.1 Å². The van der Waals surface area contributed by atoms with Crippen LogP contribution in [0.5, 0.6) is 0 Å². The second-order valence-electron chi connectivity index (χ2n) is 5.46. The molecule has 0 saturated carbocycles. The fourth-order valence-electron chi connectivity index (χ4n) is 2.35. The van der Waals surface area contributed by atoms with Crippen molar-refractivity contribution in [3.8, 4) is 0 Å². The van der Waals surface area contributed by atoms with Crippen molar-refractivity contribution in [3.05, 3.63) is 57.8 Å². The van der Waals surface area contributed by atoms with E-state index < -0.39 is 0 Å². The summed E-state index contributed by atoms with van der Waals surface area (Å²) in [6, 6.07) is 12.2. The number of amides is 1. The normalized spacial score (nSPS) is 13.7. The molecule has 0 saturated heterocycles. The third-order valence-corrected chi connectivity index (χ3v) is 4.48. The van der Waals surface area contributed by atoms with Crippen molar-refractivity contribution in [3.63, 3.8) is 0 Å². The van der Waals surface area contributed by atoms with Gasteiger partial charge in [0.1, 0.15) is 0 Å². The largest absolute Gasteiger partial charge is 0.348 e. The molecular weight excluding hydrogens is 280 g/mol. The van der Waals surface area contributed by atoms with Crippen LogP contribution >= 0.6 is 11.3 Å². The van der Waals surface area contributed by atoms with Gasteiger partial charge in [-0.3, -0.25) is 4.79 Å². The van der Waals surface area contributed by atoms with E-state index in [4.69, 9.17) is 5.73 Å². The Balaban J connectivity index is 2.15. The van der Waals surface area contributed by atoms with E-state index in [2.05, 4.69) is 35.8 Å². The monoisotopic (exact) mass is 302 g/mol.